The van der Waals surface area contributed by atoms with E-state index in [9.17, 15) is 4.79 Å². The molecule has 0 atom stereocenters. The van der Waals surface area contributed by atoms with Crippen molar-refractivity contribution in [2.75, 3.05) is 17.2 Å². The van der Waals surface area contributed by atoms with Crippen molar-refractivity contribution in [3.63, 3.8) is 0 Å². The summed E-state index contributed by atoms with van der Waals surface area (Å²) in [6, 6.07) is 9.15. The molecule has 0 saturated carbocycles. The van der Waals surface area contributed by atoms with Crippen molar-refractivity contribution >= 4 is 49.3 Å². The summed E-state index contributed by atoms with van der Waals surface area (Å²) in [6.07, 6.45) is 1.55. The Bertz CT molecular complexity index is 594. The fourth-order valence-electron chi connectivity index (χ4n) is 1.62. The zero-order chi connectivity index (χ0) is 14.5. The zero-order valence-corrected chi connectivity index (χ0v) is 14.0. The number of anilines is 2. The Morgan fingerprint density at radius 1 is 1.20 bits per heavy atom. The molecule has 1 amide bonds. The SMILES string of the molecule is CCNc1ccc(C(=O)Nc2c(Br)cccc2Br)cn1. The zero-order valence-electron chi connectivity index (χ0n) is 10.8. The van der Waals surface area contributed by atoms with Gasteiger partial charge in [-0.3, -0.25) is 4.79 Å². The summed E-state index contributed by atoms with van der Waals surface area (Å²) in [5, 5.41) is 5.94. The van der Waals surface area contributed by atoms with Crippen LogP contribution in [0.15, 0.2) is 45.5 Å². The number of aromatic nitrogens is 1. The smallest absolute Gasteiger partial charge is 0.257 e. The Morgan fingerprint density at radius 2 is 1.90 bits per heavy atom. The minimum Gasteiger partial charge on any atom is -0.370 e. The number of amides is 1. The predicted octanol–water partition coefficient (Wildman–Crippen LogP) is 4.29. The molecule has 0 bridgehead atoms. The maximum absolute atomic E-state index is 12.2. The summed E-state index contributed by atoms with van der Waals surface area (Å²) in [5.41, 5.74) is 1.21. The molecule has 6 heteroatoms. The molecule has 0 spiro atoms. The van der Waals surface area contributed by atoms with Crippen molar-refractivity contribution in [3.8, 4) is 0 Å². The molecule has 1 heterocycles. The first-order valence-electron chi connectivity index (χ1n) is 6.07. The second kappa shape index (κ2) is 6.85. The van der Waals surface area contributed by atoms with Gasteiger partial charge in [0, 0.05) is 21.7 Å². The third kappa shape index (κ3) is 3.58. The summed E-state index contributed by atoms with van der Waals surface area (Å²) in [6.45, 7) is 2.79. The third-order valence-corrected chi connectivity index (χ3v) is 3.91. The number of nitrogens with one attached hydrogen (secondary N) is 2. The summed E-state index contributed by atoms with van der Waals surface area (Å²) >= 11 is 6.82. The maximum Gasteiger partial charge on any atom is 0.257 e. The highest BCUT2D eigenvalue weighted by Crippen LogP contribution is 2.30. The number of carbonyl (C=O) groups excluding carboxylic acids is 1. The van der Waals surface area contributed by atoms with E-state index < -0.39 is 0 Å². The van der Waals surface area contributed by atoms with Crippen molar-refractivity contribution in [1.29, 1.82) is 0 Å². The molecule has 4 nitrogen and oxygen atoms in total. The topological polar surface area (TPSA) is 54.0 Å². The Kier molecular flexibility index (Phi) is 5.14. The number of hydrogen-bond acceptors (Lipinski definition) is 3. The van der Waals surface area contributed by atoms with E-state index >= 15 is 0 Å². The van der Waals surface area contributed by atoms with Crippen LogP contribution < -0.4 is 10.6 Å². The first-order valence-corrected chi connectivity index (χ1v) is 7.65. The van der Waals surface area contributed by atoms with Crippen LogP contribution >= 0.6 is 31.9 Å². The van der Waals surface area contributed by atoms with Crippen LogP contribution in [0, 0.1) is 0 Å². The molecule has 0 saturated heterocycles. The van der Waals surface area contributed by atoms with Gasteiger partial charge in [-0.05, 0) is 63.0 Å². The minimum absolute atomic E-state index is 0.201. The molecule has 0 aliphatic rings. The van der Waals surface area contributed by atoms with Gasteiger partial charge in [0.05, 0.1) is 11.3 Å². The van der Waals surface area contributed by atoms with Gasteiger partial charge >= 0.3 is 0 Å². The van der Waals surface area contributed by atoms with E-state index in [0.717, 1.165) is 21.3 Å². The minimum atomic E-state index is -0.201. The lowest BCUT2D eigenvalue weighted by Crippen LogP contribution is -2.13. The first-order chi connectivity index (χ1) is 9.61. The summed E-state index contributed by atoms with van der Waals surface area (Å²) in [7, 11) is 0. The number of carbonyl (C=O) groups is 1. The van der Waals surface area contributed by atoms with Crippen molar-refractivity contribution in [1.82, 2.24) is 4.98 Å². The number of para-hydroxylation sites is 1. The summed E-state index contributed by atoms with van der Waals surface area (Å²) in [5.74, 6) is 0.555. The van der Waals surface area contributed by atoms with E-state index in [2.05, 4.69) is 47.5 Å². The van der Waals surface area contributed by atoms with Crippen LogP contribution in [-0.4, -0.2) is 17.4 Å². The lowest BCUT2D eigenvalue weighted by atomic mass is 10.2. The molecule has 0 aliphatic carbocycles. The van der Waals surface area contributed by atoms with E-state index in [0.29, 0.717) is 11.3 Å². The Balaban J connectivity index is 2.16. The molecule has 0 radical (unpaired) electrons. The molecule has 20 heavy (non-hydrogen) atoms. The van der Waals surface area contributed by atoms with Crippen molar-refractivity contribution < 1.29 is 4.79 Å². The van der Waals surface area contributed by atoms with Gasteiger partial charge in [0.2, 0.25) is 0 Å². The molecule has 0 aliphatic heterocycles. The standard InChI is InChI=1S/C14H13Br2N3O/c1-2-17-12-7-6-9(8-18-12)14(20)19-13-10(15)4-3-5-11(13)16/h3-8H,2H2,1H3,(H,17,18)(H,19,20). The van der Waals surface area contributed by atoms with Gasteiger partial charge < -0.3 is 10.6 Å². The predicted molar refractivity (Wildman–Crippen MR) is 88.2 cm³/mol. The van der Waals surface area contributed by atoms with E-state index in [1.165, 1.54) is 0 Å². The molecule has 2 rings (SSSR count). The van der Waals surface area contributed by atoms with Crippen LogP contribution in [0.2, 0.25) is 0 Å². The fraction of sp³-hybridized carbons (Fsp3) is 0.143. The Morgan fingerprint density at radius 3 is 2.45 bits per heavy atom. The number of rotatable bonds is 4. The van der Waals surface area contributed by atoms with E-state index in [1.54, 1.807) is 18.3 Å². The van der Waals surface area contributed by atoms with Crippen LogP contribution in [0.1, 0.15) is 17.3 Å². The molecule has 2 aromatic rings. The number of pyridine rings is 1. The van der Waals surface area contributed by atoms with E-state index in [1.807, 2.05) is 25.1 Å². The van der Waals surface area contributed by atoms with Crippen LogP contribution in [0.25, 0.3) is 0 Å². The third-order valence-electron chi connectivity index (χ3n) is 2.58. The van der Waals surface area contributed by atoms with Gasteiger partial charge in [0.1, 0.15) is 5.82 Å². The molecule has 0 fully saturated rings. The Hall–Kier alpha value is -1.40. The largest absolute Gasteiger partial charge is 0.370 e. The number of nitrogens with zero attached hydrogens (tertiary/aromatic N) is 1. The van der Waals surface area contributed by atoms with Gasteiger partial charge in [0.25, 0.3) is 5.91 Å². The monoisotopic (exact) mass is 397 g/mol. The van der Waals surface area contributed by atoms with Gasteiger partial charge in [-0.25, -0.2) is 4.98 Å². The second-order valence-electron chi connectivity index (χ2n) is 4.01. The summed E-state index contributed by atoms with van der Waals surface area (Å²) in [4.78, 5) is 16.4. The Labute approximate surface area is 134 Å². The highest BCUT2D eigenvalue weighted by Gasteiger charge is 2.11. The molecule has 2 N–H and O–H groups in total. The number of hydrogen-bond donors (Lipinski definition) is 2. The van der Waals surface area contributed by atoms with E-state index in [4.69, 9.17) is 0 Å². The van der Waals surface area contributed by atoms with Gasteiger partial charge in [-0.15, -0.1) is 0 Å². The fourth-order valence-corrected chi connectivity index (χ4v) is 2.81. The molecular formula is C14H13Br2N3O. The average Bonchev–Trinajstić information content (AvgIpc) is 2.44. The van der Waals surface area contributed by atoms with E-state index in [-0.39, 0.29) is 5.91 Å². The molecule has 1 aromatic heterocycles. The molecule has 1 aromatic carbocycles. The van der Waals surface area contributed by atoms with Crippen LogP contribution in [0.5, 0.6) is 0 Å². The molecule has 104 valence electrons. The lowest BCUT2D eigenvalue weighted by molar-refractivity contribution is 0.102. The first kappa shape index (κ1) is 15.0. The van der Waals surface area contributed by atoms with Gasteiger partial charge in [-0.1, -0.05) is 6.07 Å². The highest BCUT2D eigenvalue weighted by atomic mass is 79.9. The molecular weight excluding hydrogens is 386 g/mol. The van der Waals surface area contributed by atoms with Gasteiger partial charge in [0.15, 0.2) is 0 Å². The lowest BCUT2D eigenvalue weighted by Gasteiger charge is -2.09. The number of halogens is 2. The summed E-state index contributed by atoms with van der Waals surface area (Å²) < 4.78 is 1.63. The maximum atomic E-state index is 12.2. The van der Waals surface area contributed by atoms with Crippen molar-refractivity contribution in [2.45, 2.75) is 6.92 Å². The second-order valence-corrected chi connectivity index (χ2v) is 5.72. The van der Waals surface area contributed by atoms with Crippen LogP contribution in [-0.2, 0) is 0 Å². The normalized spacial score (nSPS) is 10.2. The quantitative estimate of drug-likeness (QED) is 0.807. The van der Waals surface area contributed by atoms with Crippen LogP contribution in [0.3, 0.4) is 0 Å². The van der Waals surface area contributed by atoms with Gasteiger partial charge in [-0.2, -0.15) is 0 Å². The highest BCUT2D eigenvalue weighted by molar-refractivity contribution is 9.11. The van der Waals surface area contributed by atoms with Crippen molar-refractivity contribution in [3.05, 3.63) is 51.0 Å². The van der Waals surface area contributed by atoms with Crippen LogP contribution in [0.4, 0.5) is 11.5 Å². The number of benzene rings is 1. The van der Waals surface area contributed by atoms with Crippen molar-refractivity contribution in [2.24, 2.45) is 0 Å². The molecule has 0 unspecified atom stereocenters. The average molecular weight is 399 g/mol.